The van der Waals surface area contributed by atoms with Gasteiger partial charge in [-0.3, -0.25) is 0 Å². The Labute approximate surface area is 75.0 Å². The fourth-order valence-electron chi connectivity index (χ4n) is 0.892. The maximum atomic E-state index is 5.51. The molecule has 74 valence electrons. The van der Waals surface area contributed by atoms with Crippen molar-refractivity contribution in [3.8, 4) is 0 Å². The fraction of sp³-hybridized carbons (Fsp3) is 1.00. The van der Waals surface area contributed by atoms with Crippen LogP contribution in [0, 0.1) is 0 Å². The molecule has 0 bridgehead atoms. The molecule has 3 heteroatoms. The molecule has 1 atom stereocenters. The summed E-state index contributed by atoms with van der Waals surface area (Å²) >= 11 is 0. The second-order valence-electron chi connectivity index (χ2n) is 2.76. The summed E-state index contributed by atoms with van der Waals surface area (Å²) < 4.78 is 15.8. The molecular formula is C9H20O3. The molecule has 0 fully saturated rings. The van der Waals surface area contributed by atoms with Crippen molar-refractivity contribution in [2.45, 2.75) is 33.0 Å². The number of hydrogen-bond donors (Lipinski definition) is 0. The van der Waals surface area contributed by atoms with Gasteiger partial charge in [0, 0.05) is 13.7 Å². The molecule has 0 N–H and O–H groups in total. The minimum Gasteiger partial charge on any atom is -0.382 e. The van der Waals surface area contributed by atoms with Crippen molar-refractivity contribution in [3.05, 3.63) is 0 Å². The minimum absolute atomic E-state index is 0.437. The lowest BCUT2D eigenvalue weighted by Gasteiger charge is -2.28. The van der Waals surface area contributed by atoms with Crippen LogP contribution in [-0.4, -0.2) is 32.7 Å². The zero-order chi connectivity index (χ0) is 9.45. The highest BCUT2D eigenvalue weighted by molar-refractivity contribution is 4.59. The molecule has 3 nitrogen and oxygen atoms in total. The summed E-state index contributed by atoms with van der Waals surface area (Å²) in [6, 6.07) is 0. The van der Waals surface area contributed by atoms with Gasteiger partial charge in [-0.2, -0.15) is 0 Å². The summed E-state index contributed by atoms with van der Waals surface area (Å²) in [5.74, 6) is -0.437. The Morgan fingerprint density at radius 3 is 2.17 bits per heavy atom. The first-order valence-corrected chi connectivity index (χ1v) is 4.45. The molecule has 0 heterocycles. The number of methoxy groups -OCH3 is 1. The van der Waals surface area contributed by atoms with E-state index in [0.717, 1.165) is 6.42 Å². The van der Waals surface area contributed by atoms with Gasteiger partial charge in [-0.1, -0.05) is 6.92 Å². The quantitative estimate of drug-likeness (QED) is 0.437. The summed E-state index contributed by atoms with van der Waals surface area (Å²) in [5.41, 5.74) is 0. The van der Waals surface area contributed by atoms with Crippen molar-refractivity contribution < 1.29 is 14.2 Å². The van der Waals surface area contributed by atoms with Crippen LogP contribution < -0.4 is 0 Å². The molecule has 0 aromatic carbocycles. The average molecular weight is 176 g/mol. The summed E-state index contributed by atoms with van der Waals surface area (Å²) in [6.45, 7) is 7.84. The average Bonchev–Trinajstić information content (AvgIpc) is 2.06. The van der Waals surface area contributed by atoms with E-state index in [-0.39, 0.29) is 0 Å². The highest BCUT2D eigenvalue weighted by atomic mass is 16.7. The van der Waals surface area contributed by atoms with Gasteiger partial charge < -0.3 is 14.2 Å². The third kappa shape index (κ3) is 4.70. The van der Waals surface area contributed by atoms with E-state index in [1.807, 2.05) is 20.8 Å². The Kier molecular flexibility index (Phi) is 6.34. The Bertz CT molecular complexity index is 106. The van der Waals surface area contributed by atoms with Crippen LogP contribution >= 0.6 is 0 Å². The first-order valence-electron chi connectivity index (χ1n) is 4.45. The molecule has 0 aliphatic rings. The summed E-state index contributed by atoms with van der Waals surface area (Å²) in [6.07, 6.45) is 0.852. The zero-order valence-electron chi connectivity index (χ0n) is 8.55. The molecule has 0 spiro atoms. The van der Waals surface area contributed by atoms with Gasteiger partial charge in [0.2, 0.25) is 0 Å². The van der Waals surface area contributed by atoms with Gasteiger partial charge in [0.25, 0.3) is 0 Å². The SMILES string of the molecule is CCOC(C)(CC)OCCOC. The van der Waals surface area contributed by atoms with Crippen molar-refractivity contribution in [1.29, 1.82) is 0 Å². The molecule has 0 amide bonds. The molecule has 0 aliphatic carbocycles. The molecular weight excluding hydrogens is 156 g/mol. The molecule has 0 aromatic heterocycles. The van der Waals surface area contributed by atoms with Crippen molar-refractivity contribution in [2.24, 2.45) is 0 Å². The lowest BCUT2D eigenvalue weighted by Crippen LogP contribution is -2.32. The summed E-state index contributed by atoms with van der Waals surface area (Å²) in [4.78, 5) is 0. The lowest BCUT2D eigenvalue weighted by atomic mass is 10.2. The van der Waals surface area contributed by atoms with Crippen LogP contribution in [0.15, 0.2) is 0 Å². The maximum absolute atomic E-state index is 5.51. The zero-order valence-corrected chi connectivity index (χ0v) is 8.55. The Balaban J connectivity index is 3.63. The molecule has 0 saturated heterocycles. The van der Waals surface area contributed by atoms with Gasteiger partial charge in [-0.15, -0.1) is 0 Å². The molecule has 0 aromatic rings. The van der Waals surface area contributed by atoms with E-state index in [9.17, 15) is 0 Å². The second kappa shape index (κ2) is 6.40. The standard InChI is InChI=1S/C9H20O3/c1-5-9(3,11-6-2)12-8-7-10-4/h5-8H2,1-4H3. The van der Waals surface area contributed by atoms with Crippen molar-refractivity contribution in [3.63, 3.8) is 0 Å². The van der Waals surface area contributed by atoms with Gasteiger partial charge in [0.05, 0.1) is 13.2 Å². The maximum Gasteiger partial charge on any atom is 0.165 e. The van der Waals surface area contributed by atoms with Gasteiger partial charge in [-0.05, 0) is 20.3 Å². The number of ether oxygens (including phenoxy) is 3. The van der Waals surface area contributed by atoms with Crippen LogP contribution in [0.1, 0.15) is 27.2 Å². The number of rotatable bonds is 7. The van der Waals surface area contributed by atoms with Gasteiger partial charge in [-0.25, -0.2) is 0 Å². The predicted octanol–water partition coefficient (Wildman–Crippen LogP) is 1.81. The highest BCUT2D eigenvalue weighted by Gasteiger charge is 2.21. The number of hydrogen-bond acceptors (Lipinski definition) is 3. The van der Waals surface area contributed by atoms with Crippen LogP contribution in [0.2, 0.25) is 0 Å². The molecule has 0 saturated carbocycles. The Hall–Kier alpha value is -0.120. The predicted molar refractivity (Wildman–Crippen MR) is 48.2 cm³/mol. The molecule has 0 radical (unpaired) electrons. The van der Waals surface area contributed by atoms with Crippen LogP contribution in [-0.2, 0) is 14.2 Å². The normalized spacial score (nSPS) is 16.0. The Morgan fingerprint density at radius 1 is 1.08 bits per heavy atom. The van der Waals surface area contributed by atoms with Crippen LogP contribution in [0.5, 0.6) is 0 Å². The summed E-state index contributed by atoms with van der Waals surface area (Å²) in [5, 5.41) is 0. The van der Waals surface area contributed by atoms with Gasteiger partial charge >= 0.3 is 0 Å². The van der Waals surface area contributed by atoms with E-state index in [0.29, 0.717) is 19.8 Å². The second-order valence-corrected chi connectivity index (χ2v) is 2.76. The fourth-order valence-corrected chi connectivity index (χ4v) is 0.892. The van der Waals surface area contributed by atoms with Crippen molar-refractivity contribution >= 4 is 0 Å². The van der Waals surface area contributed by atoms with E-state index in [2.05, 4.69) is 0 Å². The van der Waals surface area contributed by atoms with Crippen LogP contribution in [0.3, 0.4) is 0 Å². The third-order valence-corrected chi connectivity index (χ3v) is 1.79. The first-order chi connectivity index (χ1) is 5.68. The molecule has 0 rings (SSSR count). The monoisotopic (exact) mass is 176 g/mol. The Morgan fingerprint density at radius 2 is 1.75 bits per heavy atom. The van der Waals surface area contributed by atoms with E-state index < -0.39 is 5.79 Å². The minimum atomic E-state index is -0.437. The smallest absolute Gasteiger partial charge is 0.165 e. The van der Waals surface area contributed by atoms with E-state index in [4.69, 9.17) is 14.2 Å². The van der Waals surface area contributed by atoms with Crippen molar-refractivity contribution in [1.82, 2.24) is 0 Å². The van der Waals surface area contributed by atoms with Gasteiger partial charge in [0.15, 0.2) is 5.79 Å². The summed E-state index contributed by atoms with van der Waals surface area (Å²) in [7, 11) is 1.66. The van der Waals surface area contributed by atoms with Crippen LogP contribution in [0.4, 0.5) is 0 Å². The van der Waals surface area contributed by atoms with Gasteiger partial charge in [0.1, 0.15) is 0 Å². The highest BCUT2D eigenvalue weighted by Crippen LogP contribution is 2.16. The lowest BCUT2D eigenvalue weighted by molar-refractivity contribution is -0.228. The van der Waals surface area contributed by atoms with Crippen molar-refractivity contribution in [2.75, 3.05) is 26.9 Å². The van der Waals surface area contributed by atoms with E-state index in [1.165, 1.54) is 0 Å². The topological polar surface area (TPSA) is 27.7 Å². The molecule has 1 unspecified atom stereocenters. The molecule has 0 aliphatic heterocycles. The largest absolute Gasteiger partial charge is 0.382 e. The molecule has 12 heavy (non-hydrogen) atoms. The van der Waals surface area contributed by atoms with E-state index in [1.54, 1.807) is 7.11 Å². The van der Waals surface area contributed by atoms with E-state index >= 15 is 0 Å². The third-order valence-electron chi connectivity index (χ3n) is 1.79. The first kappa shape index (κ1) is 11.9. The van der Waals surface area contributed by atoms with Crippen LogP contribution in [0.25, 0.3) is 0 Å².